The Balaban J connectivity index is 2.80. The van der Waals surface area contributed by atoms with Crippen LogP contribution in [0.3, 0.4) is 0 Å². The highest BCUT2D eigenvalue weighted by Crippen LogP contribution is 2.18. The molecule has 1 aliphatic heterocycles. The lowest BCUT2D eigenvalue weighted by Crippen LogP contribution is -2.52. The van der Waals surface area contributed by atoms with Crippen LogP contribution in [0.2, 0.25) is 0 Å². The van der Waals surface area contributed by atoms with Crippen molar-refractivity contribution in [1.29, 1.82) is 5.41 Å². The maximum Gasteiger partial charge on any atom is 0.410 e. The van der Waals surface area contributed by atoms with E-state index in [0.29, 0.717) is 13.1 Å². The average Bonchev–Trinajstić information content (AvgIpc) is 2.26. The van der Waals surface area contributed by atoms with Gasteiger partial charge >= 0.3 is 6.09 Å². The van der Waals surface area contributed by atoms with Gasteiger partial charge in [-0.1, -0.05) is 0 Å². The third-order valence-electron chi connectivity index (χ3n) is 2.51. The molecule has 5 nitrogen and oxygen atoms in total. The van der Waals surface area contributed by atoms with Gasteiger partial charge in [0.1, 0.15) is 5.60 Å². The summed E-state index contributed by atoms with van der Waals surface area (Å²) in [6.07, 6.45) is 0.981. The molecule has 18 heavy (non-hydrogen) atoms. The fourth-order valence-electron chi connectivity index (χ4n) is 1.58. The van der Waals surface area contributed by atoms with Crippen molar-refractivity contribution in [3.8, 4) is 0 Å². The molecule has 1 fully saturated rings. The second kappa shape index (κ2) is 5.90. The normalized spacial score (nSPS) is 23.2. The lowest BCUT2D eigenvalue weighted by Gasteiger charge is -2.37. The van der Waals surface area contributed by atoms with Crippen LogP contribution in [0, 0.1) is 5.41 Å². The second-order valence-electron chi connectivity index (χ2n) is 5.31. The van der Waals surface area contributed by atoms with Gasteiger partial charge in [-0.15, -0.1) is 0 Å². The van der Waals surface area contributed by atoms with Crippen LogP contribution in [-0.2, 0) is 4.74 Å². The topological polar surface area (TPSA) is 65.4 Å². The van der Waals surface area contributed by atoms with E-state index in [1.165, 1.54) is 6.21 Å². The van der Waals surface area contributed by atoms with E-state index in [4.69, 9.17) is 10.1 Å². The van der Waals surface area contributed by atoms with Crippen molar-refractivity contribution < 1.29 is 9.53 Å². The van der Waals surface area contributed by atoms with Gasteiger partial charge in [0.25, 0.3) is 0 Å². The molecule has 1 atom stereocenters. The first-order valence-electron chi connectivity index (χ1n) is 5.87. The van der Waals surface area contributed by atoms with Crippen LogP contribution in [0.15, 0.2) is 9.28 Å². The fourth-order valence-corrected chi connectivity index (χ4v) is 1.94. The molecular formula is C12H20IN3O2. The summed E-state index contributed by atoms with van der Waals surface area (Å²) in [5.74, 6) is 0. The molecular weight excluding hydrogens is 345 g/mol. The highest BCUT2D eigenvalue weighted by atomic mass is 127. The number of nitrogens with one attached hydrogen (secondary N) is 2. The zero-order valence-corrected chi connectivity index (χ0v) is 13.4. The molecule has 0 unspecified atom stereocenters. The molecule has 0 bridgehead atoms. The molecule has 102 valence electrons. The van der Waals surface area contributed by atoms with Crippen molar-refractivity contribution in [1.82, 2.24) is 10.2 Å². The predicted molar refractivity (Wildman–Crippen MR) is 80.2 cm³/mol. The average molecular weight is 365 g/mol. The number of ether oxygens (including phenoxy) is 1. The van der Waals surface area contributed by atoms with Crippen molar-refractivity contribution in [3.05, 3.63) is 9.28 Å². The van der Waals surface area contributed by atoms with Crippen LogP contribution in [0.5, 0.6) is 0 Å². The first-order chi connectivity index (χ1) is 8.24. The number of rotatable bonds is 1. The molecule has 0 aromatic rings. The molecule has 6 heteroatoms. The summed E-state index contributed by atoms with van der Waals surface area (Å²) in [6, 6.07) is 0.0820. The molecule has 1 saturated heterocycles. The van der Waals surface area contributed by atoms with Gasteiger partial charge in [0.15, 0.2) is 0 Å². The van der Waals surface area contributed by atoms with Crippen LogP contribution in [0.4, 0.5) is 4.79 Å². The highest BCUT2D eigenvalue weighted by Gasteiger charge is 2.30. The minimum Gasteiger partial charge on any atom is -0.444 e. The van der Waals surface area contributed by atoms with E-state index >= 15 is 0 Å². The smallest absolute Gasteiger partial charge is 0.410 e. The van der Waals surface area contributed by atoms with Gasteiger partial charge in [0.2, 0.25) is 0 Å². The van der Waals surface area contributed by atoms with Crippen molar-refractivity contribution in [2.75, 3.05) is 13.1 Å². The third kappa shape index (κ3) is 4.15. The van der Waals surface area contributed by atoms with Gasteiger partial charge < -0.3 is 15.5 Å². The molecule has 0 saturated carbocycles. The number of allylic oxidation sites excluding steroid dienone is 1. The van der Waals surface area contributed by atoms with Crippen molar-refractivity contribution in [3.63, 3.8) is 0 Å². The van der Waals surface area contributed by atoms with Crippen LogP contribution in [-0.4, -0.2) is 41.9 Å². The standard InChI is InChI=1S/C12H20IN3O2/c1-8-6-15-10(9(13)5-14)7-16(8)11(17)18-12(2,3)4/h5,8,14-15H,6-7H2,1-4H3/b10-9+,14-5?/t8-/m0/s1. The maximum atomic E-state index is 12.1. The number of piperazine rings is 1. The van der Waals surface area contributed by atoms with Crippen molar-refractivity contribution >= 4 is 34.9 Å². The molecule has 0 aromatic heterocycles. The Bertz CT molecular complexity index is 374. The second-order valence-corrected chi connectivity index (χ2v) is 6.47. The number of carbonyl (C=O) groups excluding carboxylic acids is 1. The van der Waals surface area contributed by atoms with Gasteiger partial charge in [-0.2, -0.15) is 0 Å². The Labute approximate surface area is 122 Å². The fraction of sp³-hybridized carbons (Fsp3) is 0.667. The molecule has 1 aliphatic rings. The van der Waals surface area contributed by atoms with Crippen molar-refractivity contribution in [2.45, 2.75) is 39.3 Å². The molecule has 1 heterocycles. The Kier molecular flexibility index (Phi) is 5.01. The maximum absolute atomic E-state index is 12.1. The summed E-state index contributed by atoms with van der Waals surface area (Å²) in [5, 5.41) is 10.5. The number of halogens is 1. The van der Waals surface area contributed by atoms with Crippen LogP contribution >= 0.6 is 22.6 Å². The number of hydrogen-bond acceptors (Lipinski definition) is 4. The first kappa shape index (κ1) is 15.3. The Morgan fingerprint density at radius 1 is 1.61 bits per heavy atom. The van der Waals surface area contributed by atoms with Crippen LogP contribution < -0.4 is 5.32 Å². The summed E-state index contributed by atoms with van der Waals surface area (Å²) >= 11 is 2.09. The summed E-state index contributed by atoms with van der Waals surface area (Å²) in [5.41, 5.74) is 0.412. The molecule has 0 spiro atoms. The van der Waals surface area contributed by atoms with Crippen LogP contribution in [0.25, 0.3) is 0 Å². The quantitative estimate of drug-likeness (QED) is 0.554. The lowest BCUT2D eigenvalue weighted by atomic mass is 10.2. The zero-order valence-electron chi connectivity index (χ0n) is 11.2. The monoisotopic (exact) mass is 365 g/mol. The number of carbonyl (C=O) groups is 1. The third-order valence-corrected chi connectivity index (χ3v) is 3.48. The number of hydrogen-bond donors (Lipinski definition) is 2. The molecule has 1 amide bonds. The zero-order chi connectivity index (χ0) is 13.9. The van der Waals surface area contributed by atoms with E-state index in [2.05, 4.69) is 27.9 Å². The summed E-state index contributed by atoms with van der Waals surface area (Å²) in [6.45, 7) is 8.69. The van der Waals surface area contributed by atoms with Crippen LogP contribution in [0.1, 0.15) is 27.7 Å². The summed E-state index contributed by atoms with van der Waals surface area (Å²) in [4.78, 5) is 13.8. The van der Waals surface area contributed by atoms with E-state index in [9.17, 15) is 4.79 Å². The Morgan fingerprint density at radius 2 is 2.22 bits per heavy atom. The Morgan fingerprint density at radius 3 is 2.72 bits per heavy atom. The van der Waals surface area contributed by atoms with Gasteiger partial charge in [-0.05, 0) is 50.3 Å². The van der Waals surface area contributed by atoms with E-state index in [1.54, 1.807) is 4.90 Å². The van der Waals surface area contributed by atoms with E-state index < -0.39 is 5.60 Å². The van der Waals surface area contributed by atoms with E-state index in [1.807, 2.05) is 27.7 Å². The minimum atomic E-state index is -0.486. The largest absolute Gasteiger partial charge is 0.444 e. The molecule has 1 rings (SSSR count). The summed E-state index contributed by atoms with van der Waals surface area (Å²) < 4.78 is 6.20. The van der Waals surface area contributed by atoms with Gasteiger partial charge in [-0.25, -0.2) is 4.79 Å². The van der Waals surface area contributed by atoms with Gasteiger partial charge in [0, 0.05) is 24.5 Å². The summed E-state index contributed by atoms with van der Waals surface area (Å²) in [7, 11) is 0. The minimum absolute atomic E-state index is 0.0820. The van der Waals surface area contributed by atoms with Gasteiger partial charge in [-0.3, -0.25) is 4.90 Å². The van der Waals surface area contributed by atoms with Gasteiger partial charge in [0.05, 0.1) is 10.1 Å². The number of amides is 1. The van der Waals surface area contributed by atoms with Crippen molar-refractivity contribution in [2.24, 2.45) is 0 Å². The van der Waals surface area contributed by atoms with E-state index in [0.717, 1.165) is 9.28 Å². The lowest BCUT2D eigenvalue weighted by molar-refractivity contribution is 0.0168. The molecule has 0 radical (unpaired) electrons. The molecule has 0 aromatic carbocycles. The SMILES string of the molecule is C[C@H]1CN/C(=C(/I)C=N)CN1C(=O)OC(C)(C)C. The first-order valence-corrected chi connectivity index (χ1v) is 6.95. The molecule has 0 aliphatic carbocycles. The molecule has 2 N–H and O–H groups in total. The predicted octanol–water partition coefficient (Wildman–Crippen LogP) is 2.51. The Hall–Kier alpha value is -0.790. The number of nitrogens with zero attached hydrogens (tertiary/aromatic N) is 1. The highest BCUT2D eigenvalue weighted by molar-refractivity contribution is 14.1. The van der Waals surface area contributed by atoms with E-state index in [-0.39, 0.29) is 12.1 Å².